The first-order chi connectivity index (χ1) is 17.7. The van der Waals surface area contributed by atoms with Crippen LogP contribution in [0.1, 0.15) is 25.0 Å². The Balaban J connectivity index is 1.60. The molecule has 0 radical (unpaired) electrons. The molecule has 1 heterocycles. The minimum absolute atomic E-state index is 0.0362. The van der Waals surface area contributed by atoms with Crippen molar-refractivity contribution in [1.29, 1.82) is 0 Å². The molecule has 0 spiro atoms. The number of hydrogen-bond acceptors (Lipinski definition) is 5. The van der Waals surface area contributed by atoms with Gasteiger partial charge in [-0.25, -0.2) is 4.99 Å². The van der Waals surface area contributed by atoms with E-state index in [0.29, 0.717) is 29.2 Å². The Morgan fingerprint density at radius 2 is 1.73 bits per heavy atom. The normalized spacial score (nSPS) is 15.4. The van der Waals surface area contributed by atoms with Crippen molar-refractivity contribution in [3.05, 3.63) is 83.9 Å². The Morgan fingerprint density at radius 1 is 1.00 bits per heavy atom. The number of carbonyl (C=O) groups is 1. The Labute approximate surface area is 213 Å². The van der Waals surface area contributed by atoms with Gasteiger partial charge in [-0.05, 0) is 49.5 Å². The van der Waals surface area contributed by atoms with Crippen LogP contribution in [-0.2, 0) is 11.0 Å². The minimum atomic E-state index is -4.51. The standard InChI is InChI=1S/C28H28F3N3O3/c1-3-33(4-2)17-22(35)18-37-23-12-8-11-21(16-23)34-25-14-6-5-13-24(25)26(27(34)36)32-20-10-7-9-19(15-20)28(29,30)31/h5-16,22,35H,3-4,17-18H2,1-2H3/t22-/m1/s1. The molecule has 0 bridgehead atoms. The van der Waals surface area contributed by atoms with Crippen molar-refractivity contribution in [2.45, 2.75) is 26.1 Å². The van der Waals surface area contributed by atoms with Gasteiger partial charge in [-0.2, -0.15) is 13.2 Å². The van der Waals surface area contributed by atoms with Crippen molar-refractivity contribution in [2.24, 2.45) is 4.99 Å². The van der Waals surface area contributed by atoms with Crippen LogP contribution in [0.4, 0.5) is 30.2 Å². The molecule has 4 rings (SSSR count). The molecule has 0 aromatic heterocycles. The van der Waals surface area contributed by atoms with Gasteiger partial charge in [0.05, 0.1) is 22.6 Å². The highest BCUT2D eigenvalue weighted by Crippen LogP contribution is 2.38. The molecule has 0 saturated carbocycles. The van der Waals surface area contributed by atoms with Gasteiger partial charge in [0.25, 0.3) is 5.91 Å². The number of nitrogens with zero attached hydrogens (tertiary/aromatic N) is 3. The second kappa shape index (κ2) is 11.1. The Morgan fingerprint density at radius 3 is 2.46 bits per heavy atom. The number of carbonyl (C=O) groups excluding carboxylic acids is 1. The lowest BCUT2D eigenvalue weighted by molar-refractivity contribution is -0.137. The molecule has 1 N–H and O–H groups in total. The molecule has 194 valence electrons. The predicted octanol–water partition coefficient (Wildman–Crippen LogP) is 5.59. The third-order valence-electron chi connectivity index (χ3n) is 6.10. The van der Waals surface area contributed by atoms with Crippen molar-refractivity contribution in [3.8, 4) is 5.75 Å². The van der Waals surface area contributed by atoms with Crippen LogP contribution in [-0.4, -0.2) is 54.0 Å². The molecule has 0 unspecified atom stereocenters. The van der Waals surface area contributed by atoms with Crippen LogP contribution in [0.25, 0.3) is 0 Å². The Bertz CT molecular complexity index is 1290. The molecule has 1 aliphatic heterocycles. The third-order valence-corrected chi connectivity index (χ3v) is 6.10. The number of fused-ring (bicyclic) bond motifs is 1. The largest absolute Gasteiger partial charge is 0.491 e. The molecule has 6 nitrogen and oxygen atoms in total. The molecule has 0 fully saturated rings. The zero-order chi connectivity index (χ0) is 26.6. The van der Waals surface area contributed by atoms with Gasteiger partial charge in [0, 0.05) is 18.2 Å². The number of ether oxygens (including phenoxy) is 1. The second-order valence-corrected chi connectivity index (χ2v) is 8.61. The summed E-state index contributed by atoms with van der Waals surface area (Å²) in [4.78, 5) is 21.4. The number of alkyl halides is 3. The molecule has 0 saturated heterocycles. The first kappa shape index (κ1) is 26.4. The number of amides is 1. The Hall–Kier alpha value is -3.69. The highest BCUT2D eigenvalue weighted by Gasteiger charge is 2.35. The van der Waals surface area contributed by atoms with Crippen LogP contribution in [0.15, 0.2) is 77.8 Å². The second-order valence-electron chi connectivity index (χ2n) is 8.61. The molecule has 1 aliphatic rings. The number of aliphatic hydroxyl groups excluding tert-OH is 1. The van der Waals surface area contributed by atoms with Gasteiger partial charge in [-0.1, -0.05) is 44.2 Å². The molecular weight excluding hydrogens is 483 g/mol. The fourth-order valence-corrected chi connectivity index (χ4v) is 4.18. The SMILES string of the molecule is CCN(CC)C[C@@H](O)COc1cccc(N2C(=O)C(=Nc3cccc(C(F)(F)F)c3)c3ccccc32)c1. The maximum atomic E-state index is 13.5. The van der Waals surface area contributed by atoms with Crippen molar-refractivity contribution in [2.75, 3.05) is 31.1 Å². The summed E-state index contributed by atoms with van der Waals surface area (Å²) in [6, 6.07) is 18.5. The van der Waals surface area contributed by atoms with Crippen molar-refractivity contribution < 1.29 is 27.8 Å². The van der Waals surface area contributed by atoms with E-state index in [-0.39, 0.29) is 18.0 Å². The van der Waals surface area contributed by atoms with E-state index in [4.69, 9.17) is 4.74 Å². The molecule has 37 heavy (non-hydrogen) atoms. The maximum Gasteiger partial charge on any atom is 0.416 e. The van der Waals surface area contributed by atoms with Crippen LogP contribution in [0.3, 0.4) is 0 Å². The highest BCUT2D eigenvalue weighted by molar-refractivity contribution is 6.56. The topological polar surface area (TPSA) is 65.4 Å². The number of aliphatic hydroxyl groups is 1. The van der Waals surface area contributed by atoms with E-state index < -0.39 is 23.8 Å². The lowest BCUT2D eigenvalue weighted by Gasteiger charge is -2.22. The van der Waals surface area contributed by atoms with E-state index in [1.807, 2.05) is 13.8 Å². The number of anilines is 2. The van der Waals surface area contributed by atoms with Crippen molar-refractivity contribution >= 4 is 28.7 Å². The summed E-state index contributed by atoms with van der Waals surface area (Å²) in [5.74, 6) is 0.0157. The van der Waals surface area contributed by atoms with Gasteiger partial charge in [-0.3, -0.25) is 9.69 Å². The van der Waals surface area contributed by atoms with Gasteiger partial charge in [0.2, 0.25) is 0 Å². The van der Waals surface area contributed by atoms with Crippen molar-refractivity contribution in [3.63, 3.8) is 0 Å². The van der Waals surface area contributed by atoms with Gasteiger partial charge >= 0.3 is 6.18 Å². The molecule has 1 amide bonds. The van der Waals surface area contributed by atoms with Gasteiger partial charge in [-0.15, -0.1) is 0 Å². The summed E-state index contributed by atoms with van der Waals surface area (Å²) in [6.07, 6.45) is -5.19. The number of para-hydroxylation sites is 1. The summed E-state index contributed by atoms with van der Waals surface area (Å²) in [5, 5.41) is 10.3. The number of rotatable bonds is 9. The summed E-state index contributed by atoms with van der Waals surface area (Å²) in [6.45, 7) is 6.27. The lowest BCUT2D eigenvalue weighted by Crippen LogP contribution is -2.35. The monoisotopic (exact) mass is 511 g/mol. The quantitative estimate of drug-likeness (QED) is 0.407. The molecule has 1 atom stereocenters. The Kier molecular flexibility index (Phi) is 7.94. The summed E-state index contributed by atoms with van der Waals surface area (Å²) in [5.41, 5.74) is 0.855. The predicted molar refractivity (Wildman–Crippen MR) is 137 cm³/mol. The molecular formula is C28H28F3N3O3. The number of hydrogen-bond donors (Lipinski definition) is 1. The van der Waals surface area contributed by atoms with Gasteiger partial charge in [0.15, 0.2) is 0 Å². The molecule has 9 heteroatoms. The van der Waals surface area contributed by atoms with Crippen LogP contribution in [0.5, 0.6) is 5.75 Å². The van der Waals surface area contributed by atoms with E-state index in [0.717, 1.165) is 25.2 Å². The first-order valence-electron chi connectivity index (χ1n) is 12.0. The average Bonchev–Trinajstić information content (AvgIpc) is 3.17. The first-order valence-corrected chi connectivity index (χ1v) is 12.0. The molecule has 0 aliphatic carbocycles. The summed E-state index contributed by atoms with van der Waals surface area (Å²) >= 11 is 0. The fourth-order valence-electron chi connectivity index (χ4n) is 4.18. The van der Waals surface area contributed by atoms with Gasteiger partial charge < -0.3 is 14.7 Å². The summed E-state index contributed by atoms with van der Waals surface area (Å²) in [7, 11) is 0. The van der Waals surface area contributed by atoms with E-state index in [9.17, 15) is 23.1 Å². The summed E-state index contributed by atoms with van der Waals surface area (Å²) < 4.78 is 45.3. The maximum absolute atomic E-state index is 13.5. The van der Waals surface area contributed by atoms with Crippen LogP contribution in [0.2, 0.25) is 0 Å². The number of halogens is 3. The van der Waals surface area contributed by atoms with Crippen molar-refractivity contribution in [1.82, 2.24) is 4.90 Å². The van der Waals surface area contributed by atoms with E-state index in [1.165, 1.54) is 17.0 Å². The molecule has 3 aromatic carbocycles. The van der Waals surface area contributed by atoms with Crippen LogP contribution in [0, 0.1) is 0 Å². The zero-order valence-electron chi connectivity index (χ0n) is 20.6. The highest BCUT2D eigenvalue weighted by atomic mass is 19.4. The molecule has 3 aromatic rings. The van der Waals surface area contributed by atoms with Gasteiger partial charge in [0.1, 0.15) is 24.2 Å². The number of benzene rings is 3. The smallest absolute Gasteiger partial charge is 0.416 e. The van der Waals surface area contributed by atoms with Crippen LogP contribution >= 0.6 is 0 Å². The third kappa shape index (κ3) is 6.00. The van der Waals surface area contributed by atoms with E-state index in [1.54, 1.807) is 48.5 Å². The van der Waals surface area contributed by atoms with E-state index in [2.05, 4.69) is 9.89 Å². The fraction of sp³-hybridized carbons (Fsp3) is 0.286. The number of likely N-dealkylation sites (N-methyl/N-ethyl adjacent to an activating group) is 1. The zero-order valence-corrected chi connectivity index (χ0v) is 20.6. The van der Waals surface area contributed by atoms with Crippen LogP contribution < -0.4 is 9.64 Å². The number of aliphatic imine (C=N–C) groups is 1. The van der Waals surface area contributed by atoms with E-state index >= 15 is 0 Å². The minimum Gasteiger partial charge on any atom is -0.491 e. The average molecular weight is 512 g/mol. The lowest BCUT2D eigenvalue weighted by atomic mass is 10.1.